The molecular weight excluding hydrogens is 423 g/mol. The van der Waals surface area contributed by atoms with Gasteiger partial charge in [0.2, 0.25) is 5.95 Å². The molecule has 1 saturated heterocycles. The van der Waals surface area contributed by atoms with Gasteiger partial charge in [-0.3, -0.25) is 0 Å². The number of nitrogens with zero attached hydrogens (tertiary/aromatic N) is 5. The van der Waals surface area contributed by atoms with Crippen molar-refractivity contribution in [2.75, 3.05) is 16.9 Å². The number of nitrogens with one attached hydrogen (secondary N) is 2. The van der Waals surface area contributed by atoms with Crippen molar-refractivity contribution in [3.63, 3.8) is 0 Å². The summed E-state index contributed by atoms with van der Waals surface area (Å²) in [5.74, 6) is 6.26. The number of rotatable bonds is 8. The van der Waals surface area contributed by atoms with Crippen molar-refractivity contribution in [3.8, 4) is 5.75 Å². The predicted molar refractivity (Wildman–Crippen MR) is 126 cm³/mol. The van der Waals surface area contributed by atoms with Crippen LogP contribution in [-0.4, -0.2) is 49.8 Å². The number of nitrogens with two attached hydrogens (primary N) is 1. The maximum atomic E-state index is 14.3. The van der Waals surface area contributed by atoms with Gasteiger partial charge >= 0.3 is 0 Å². The summed E-state index contributed by atoms with van der Waals surface area (Å²) in [4.78, 5) is 13.4. The topological polar surface area (TPSA) is 115 Å². The number of phenols is 1. The second kappa shape index (κ2) is 11.0. The highest BCUT2D eigenvalue weighted by molar-refractivity contribution is 5.58. The van der Waals surface area contributed by atoms with Crippen molar-refractivity contribution in [1.29, 1.82) is 0 Å². The van der Waals surface area contributed by atoms with E-state index in [1.54, 1.807) is 16.2 Å². The van der Waals surface area contributed by atoms with Gasteiger partial charge in [-0.2, -0.15) is 9.97 Å². The smallest absolute Gasteiger partial charge is 0.250 e. The molecule has 9 nitrogen and oxygen atoms in total. The Balaban J connectivity index is 1.64. The van der Waals surface area contributed by atoms with Gasteiger partial charge in [-0.1, -0.05) is 32.6 Å². The van der Waals surface area contributed by atoms with Gasteiger partial charge in [0.1, 0.15) is 6.33 Å². The number of hydrazine groups is 2. The van der Waals surface area contributed by atoms with Crippen LogP contribution in [0.3, 0.4) is 0 Å². The fourth-order valence-electron chi connectivity index (χ4n) is 4.83. The van der Waals surface area contributed by atoms with E-state index in [1.165, 1.54) is 31.3 Å². The summed E-state index contributed by atoms with van der Waals surface area (Å²) < 4.78 is 14.3. The molecular formula is C23H35FN8O. The third-order valence-corrected chi connectivity index (χ3v) is 6.69. The molecule has 1 aromatic heterocycles. The summed E-state index contributed by atoms with van der Waals surface area (Å²) >= 11 is 0. The lowest BCUT2D eigenvalue weighted by Crippen LogP contribution is -2.52. The Kier molecular flexibility index (Phi) is 7.89. The van der Waals surface area contributed by atoms with Crippen LogP contribution in [0, 0.1) is 5.82 Å². The molecule has 2 heterocycles. The number of halogens is 1. The molecule has 2 unspecified atom stereocenters. The van der Waals surface area contributed by atoms with E-state index in [4.69, 9.17) is 5.84 Å². The minimum absolute atomic E-state index is 0.0728. The lowest BCUT2D eigenvalue weighted by atomic mass is 10.0. The molecule has 5 N–H and O–H groups in total. The quantitative estimate of drug-likeness (QED) is 0.267. The number of aromatic hydroxyl groups is 1. The summed E-state index contributed by atoms with van der Waals surface area (Å²) in [6.45, 7) is 3.16. The number of anilines is 3. The van der Waals surface area contributed by atoms with Gasteiger partial charge in [-0.25, -0.2) is 20.2 Å². The lowest BCUT2D eigenvalue weighted by molar-refractivity contribution is 0.181. The van der Waals surface area contributed by atoms with Gasteiger partial charge in [-0.05, 0) is 50.8 Å². The maximum Gasteiger partial charge on any atom is 0.250 e. The molecule has 0 radical (unpaired) electrons. The maximum absolute atomic E-state index is 14.3. The normalized spacial score (nSPS) is 20.5. The first-order valence-corrected chi connectivity index (χ1v) is 12.1. The Morgan fingerprint density at radius 2 is 1.97 bits per heavy atom. The number of aromatic nitrogens is 3. The van der Waals surface area contributed by atoms with Crippen LogP contribution in [0.5, 0.6) is 5.75 Å². The zero-order chi connectivity index (χ0) is 23.2. The molecule has 180 valence electrons. The van der Waals surface area contributed by atoms with E-state index < -0.39 is 11.6 Å². The molecule has 1 saturated carbocycles. The summed E-state index contributed by atoms with van der Waals surface area (Å²) in [7, 11) is 0. The Labute approximate surface area is 194 Å². The van der Waals surface area contributed by atoms with Gasteiger partial charge in [0, 0.05) is 24.2 Å². The van der Waals surface area contributed by atoms with E-state index in [2.05, 4.69) is 32.5 Å². The molecule has 1 aliphatic carbocycles. The molecule has 4 rings (SSSR count). The minimum atomic E-state index is -0.725. The second-order valence-electron chi connectivity index (χ2n) is 8.94. The van der Waals surface area contributed by atoms with Crippen LogP contribution in [0.2, 0.25) is 0 Å². The average Bonchev–Trinajstić information content (AvgIpc) is 3.22. The monoisotopic (exact) mass is 458 g/mol. The van der Waals surface area contributed by atoms with Crippen LogP contribution in [0.25, 0.3) is 0 Å². The van der Waals surface area contributed by atoms with E-state index >= 15 is 0 Å². The van der Waals surface area contributed by atoms with E-state index in [1.807, 2.05) is 0 Å². The Morgan fingerprint density at radius 3 is 2.64 bits per heavy atom. The summed E-state index contributed by atoms with van der Waals surface area (Å²) in [5, 5.41) is 19.9. The largest absolute Gasteiger partial charge is 0.505 e. The minimum Gasteiger partial charge on any atom is -0.505 e. The van der Waals surface area contributed by atoms with Crippen molar-refractivity contribution < 1.29 is 9.50 Å². The molecule has 0 spiro atoms. The van der Waals surface area contributed by atoms with E-state index in [-0.39, 0.29) is 12.1 Å². The zero-order valence-corrected chi connectivity index (χ0v) is 19.3. The van der Waals surface area contributed by atoms with Gasteiger partial charge in [0.05, 0.1) is 5.69 Å². The molecule has 2 fully saturated rings. The molecule has 2 aliphatic rings. The van der Waals surface area contributed by atoms with Gasteiger partial charge in [0.15, 0.2) is 11.6 Å². The third-order valence-electron chi connectivity index (χ3n) is 6.69. The lowest BCUT2D eigenvalue weighted by Gasteiger charge is -2.36. The van der Waals surface area contributed by atoms with Crippen molar-refractivity contribution >= 4 is 17.6 Å². The van der Waals surface area contributed by atoms with Crippen LogP contribution in [0.1, 0.15) is 64.7 Å². The molecule has 2 atom stereocenters. The number of hydrogen-bond donors (Lipinski definition) is 4. The highest BCUT2D eigenvalue weighted by Crippen LogP contribution is 2.31. The number of hydrogen-bond acceptors (Lipinski definition) is 9. The van der Waals surface area contributed by atoms with Crippen LogP contribution in [0.4, 0.5) is 22.0 Å². The Bertz CT molecular complexity index is 902. The molecule has 2 aromatic rings. The second-order valence-corrected chi connectivity index (χ2v) is 8.94. The highest BCUT2D eigenvalue weighted by atomic mass is 19.1. The number of benzene rings is 1. The fraction of sp³-hybridized carbons (Fsp3) is 0.609. The molecule has 1 aliphatic heterocycles. The van der Waals surface area contributed by atoms with E-state index in [0.29, 0.717) is 23.6 Å². The SMILES string of the molecule is CCC(Nc1ncnc(N(c2ccc(O)c(F)c2)N(N)C2CCCCCC2)n1)C1CCCN1. The van der Waals surface area contributed by atoms with Crippen molar-refractivity contribution in [2.45, 2.75) is 82.8 Å². The van der Waals surface area contributed by atoms with Crippen molar-refractivity contribution in [3.05, 3.63) is 30.3 Å². The summed E-state index contributed by atoms with van der Waals surface area (Å²) in [6, 6.07) is 4.82. The van der Waals surface area contributed by atoms with Crippen molar-refractivity contribution in [1.82, 2.24) is 25.4 Å². The number of phenolic OH excluding ortho intramolecular Hbond substituents is 1. The van der Waals surface area contributed by atoms with Crippen molar-refractivity contribution in [2.24, 2.45) is 5.84 Å². The standard InChI is InChI=1S/C23H35FN8O/c1-2-19(20-10-7-13-26-20)29-22-27-15-28-23(30-22)31(17-11-12-21(33)18(24)14-17)32(25)16-8-5-3-4-6-9-16/h11-12,14-16,19-20,26,33H,2-10,13,25H2,1H3,(H,27,28,29,30). The third kappa shape index (κ3) is 5.69. The zero-order valence-electron chi connectivity index (χ0n) is 19.3. The molecule has 0 bridgehead atoms. The fourth-order valence-corrected chi connectivity index (χ4v) is 4.83. The van der Waals surface area contributed by atoms with E-state index in [0.717, 1.165) is 51.5 Å². The van der Waals surface area contributed by atoms with Crippen LogP contribution >= 0.6 is 0 Å². The molecule has 33 heavy (non-hydrogen) atoms. The van der Waals surface area contributed by atoms with Crippen LogP contribution in [0.15, 0.2) is 24.5 Å². The predicted octanol–water partition coefficient (Wildman–Crippen LogP) is 3.61. The first-order valence-electron chi connectivity index (χ1n) is 12.1. The molecule has 0 amide bonds. The van der Waals surface area contributed by atoms with E-state index in [9.17, 15) is 9.50 Å². The highest BCUT2D eigenvalue weighted by Gasteiger charge is 2.28. The Morgan fingerprint density at radius 1 is 1.18 bits per heavy atom. The summed E-state index contributed by atoms with van der Waals surface area (Å²) in [5.41, 5.74) is 0.443. The van der Waals surface area contributed by atoms with Crippen LogP contribution in [-0.2, 0) is 0 Å². The van der Waals surface area contributed by atoms with Gasteiger partial charge in [0.25, 0.3) is 5.95 Å². The van der Waals surface area contributed by atoms with Gasteiger partial charge < -0.3 is 15.7 Å². The van der Waals surface area contributed by atoms with Gasteiger partial charge in [-0.15, -0.1) is 5.12 Å². The molecule has 1 aromatic carbocycles. The Hall–Kier alpha value is -2.56. The first-order chi connectivity index (χ1) is 16.1. The average molecular weight is 459 g/mol. The summed E-state index contributed by atoms with van der Waals surface area (Å²) in [6.07, 6.45) is 11.1. The van der Waals surface area contributed by atoms with Crippen LogP contribution < -0.4 is 21.5 Å². The first kappa shape index (κ1) is 23.6. The molecule has 10 heteroatoms.